The molecule has 0 aliphatic heterocycles. The summed E-state index contributed by atoms with van der Waals surface area (Å²) in [5.74, 6) is -0.814. The van der Waals surface area contributed by atoms with Crippen molar-refractivity contribution in [2.24, 2.45) is 0 Å². The number of carbonyl (C=O) groups is 1. The second-order valence-corrected chi connectivity index (χ2v) is 4.77. The molecular weight excluding hydrogens is 282 g/mol. The Kier molecular flexibility index (Phi) is 4.70. The monoisotopic (exact) mass is 295 g/mol. The minimum atomic E-state index is -0.814. The lowest BCUT2D eigenvalue weighted by molar-refractivity contribution is -0.137. The SMILES string of the molecule is O=C(O)CCCNCc1cc(=O)n2cc(Cl)ccc2n1. The lowest BCUT2D eigenvalue weighted by Gasteiger charge is -2.05. The topological polar surface area (TPSA) is 83.7 Å². The van der Waals surface area contributed by atoms with E-state index in [9.17, 15) is 9.59 Å². The Hall–Kier alpha value is -1.92. The van der Waals surface area contributed by atoms with Gasteiger partial charge in [0.2, 0.25) is 0 Å². The van der Waals surface area contributed by atoms with E-state index in [1.54, 1.807) is 12.1 Å². The van der Waals surface area contributed by atoms with E-state index in [0.717, 1.165) is 0 Å². The van der Waals surface area contributed by atoms with Crippen LogP contribution in [-0.4, -0.2) is 27.0 Å². The third-order valence-corrected chi connectivity index (χ3v) is 2.95. The Morgan fingerprint density at radius 2 is 2.25 bits per heavy atom. The smallest absolute Gasteiger partial charge is 0.303 e. The van der Waals surface area contributed by atoms with Crippen LogP contribution in [0.3, 0.4) is 0 Å². The van der Waals surface area contributed by atoms with Crippen molar-refractivity contribution >= 4 is 23.2 Å². The fourth-order valence-electron chi connectivity index (χ4n) is 1.80. The highest BCUT2D eigenvalue weighted by molar-refractivity contribution is 6.30. The molecule has 0 spiro atoms. The van der Waals surface area contributed by atoms with Crippen LogP contribution in [-0.2, 0) is 11.3 Å². The number of halogens is 1. The molecule has 0 aromatic carbocycles. The maximum absolute atomic E-state index is 11.9. The fourth-order valence-corrected chi connectivity index (χ4v) is 1.96. The van der Waals surface area contributed by atoms with E-state index in [2.05, 4.69) is 10.3 Å². The van der Waals surface area contributed by atoms with Crippen LogP contribution in [0.2, 0.25) is 5.02 Å². The van der Waals surface area contributed by atoms with Crippen LogP contribution in [0.4, 0.5) is 0 Å². The molecular formula is C13H14ClN3O3. The van der Waals surface area contributed by atoms with E-state index in [4.69, 9.17) is 16.7 Å². The molecule has 2 aromatic rings. The number of aliphatic carboxylic acids is 1. The average molecular weight is 296 g/mol. The Balaban J connectivity index is 2.03. The molecule has 7 heteroatoms. The summed E-state index contributed by atoms with van der Waals surface area (Å²) in [6.07, 6.45) is 2.19. The van der Waals surface area contributed by atoms with Crippen LogP contribution in [0.25, 0.3) is 5.65 Å². The van der Waals surface area contributed by atoms with E-state index in [1.807, 2.05) is 0 Å². The minimum absolute atomic E-state index is 0.124. The van der Waals surface area contributed by atoms with E-state index in [-0.39, 0.29) is 12.0 Å². The highest BCUT2D eigenvalue weighted by Gasteiger charge is 2.03. The van der Waals surface area contributed by atoms with E-state index in [0.29, 0.717) is 35.9 Å². The van der Waals surface area contributed by atoms with Crippen LogP contribution in [0.1, 0.15) is 18.5 Å². The van der Waals surface area contributed by atoms with Crippen LogP contribution in [0.15, 0.2) is 29.2 Å². The molecule has 2 rings (SSSR count). The standard InChI is InChI=1S/C13H14ClN3O3/c14-9-3-4-11-16-10(6-12(18)17(11)8-9)7-15-5-1-2-13(19)20/h3-4,6,8,15H,1-2,5,7H2,(H,19,20). The molecule has 0 aliphatic carbocycles. The molecule has 0 amide bonds. The molecule has 0 radical (unpaired) electrons. The summed E-state index contributed by atoms with van der Waals surface area (Å²) >= 11 is 5.83. The van der Waals surface area contributed by atoms with E-state index in [1.165, 1.54) is 16.7 Å². The second kappa shape index (κ2) is 6.49. The van der Waals surface area contributed by atoms with Gasteiger partial charge >= 0.3 is 5.97 Å². The number of nitrogens with zero attached hydrogens (tertiary/aromatic N) is 2. The van der Waals surface area contributed by atoms with Gasteiger partial charge in [0, 0.05) is 25.2 Å². The first-order chi connectivity index (χ1) is 9.56. The first-order valence-corrected chi connectivity index (χ1v) is 6.54. The molecule has 0 aliphatic rings. The lowest BCUT2D eigenvalue weighted by atomic mass is 10.3. The summed E-state index contributed by atoms with van der Waals surface area (Å²) in [5, 5.41) is 12.0. The van der Waals surface area contributed by atoms with Crippen LogP contribution in [0.5, 0.6) is 0 Å². The molecule has 2 heterocycles. The van der Waals surface area contributed by atoms with Gasteiger partial charge in [0.15, 0.2) is 0 Å². The molecule has 0 atom stereocenters. The molecule has 106 valence electrons. The van der Waals surface area contributed by atoms with Gasteiger partial charge in [-0.15, -0.1) is 0 Å². The zero-order chi connectivity index (χ0) is 14.5. The van der Waals surface area contributed by atoms with Crippen molar-refractivity contribution in [2.75, 3.05) is 6.54 Å². The van der Waals surface area contributed by atoms with Gasteiger partial charge in [-0.05, 0) is 25.1 Å². The minimum Gasteiger partial charge on any atom is -0.481 e. The number of aromatic nitrogens is 2. The summed E-state index contributed by atoms with van der Waals surface area (Å²) < 4.78 is 1.39. The zero-order valence-electron chi connectivity index (χ0n) is 10.7. The zero-order valence-corrected chi connectivity index (χ0v) is 11.4. The Morgan fingerprint density at radius 1 is 1.45 bits per heavy atom. The lowest BCUT2D eigenvalue weighted by Crippen LogP contribution is -2.21. The number of hydrogen-bond donors (Lipinski definition) is 2. The van der Waals surface area contributed by atoms with Crippen LogP contribution in [0, 0.1) is 0 Å². The van der Waals surface area contributed by atoms with Gasteiger partial charge in [-0.1, -0.05) is 11.6 Å². The number of carboxylic acids is 1. The van der Waals surface area contributed by atoms with Crippen molar-refractivity contribution in [1.82, 2.24) is 14.7 Å². The first kappa shape index (κ1) is 14.5. The number of pyridine rings is 1. The molecule has 20 heavy (non-hydrogen) atoms. The maximum Gasteiger partial charge on any atom is 0.303 e. The summed E-state index contributed by atoms with van der Waals surface area (Å²) in [5.41, 5.74) is 0.955. The highest BCUT2D eigenvalue weighted by Crippen LogP contribution is 2.08. The van der Waals surface area contributed by atoms with Crippen molar-refractivity contribution in [3.05, 3.63) is 45.5 Å². The molecule has 0 saturated heterocycles. The quantitative estimate of drug-likeness (QED) is 0.785. The Labute approximate surface area is 120 Å². The summed E-state index contributed by atoms with van der Waals surface area (Å²) in [6, 6.07) is 4.79. The van der Waals surface area contributed by atoms with Gasteiger partial charge < -0.3 is 10.4 Å². The molecule has 6 nitrogen and oxygen atoms in total. The fraction of sp³-hybridized carbons (Fsp3) is 0.308. The number of hydrogen-bond acceptors (Lipinski definition) is 4. The largest absolute Gasteiger partial charge is 0.481 e. The van der Waals surface area contributed by atoms with Crippen molar-refractivity contribution < 1.29 is 9.90 Å². The summed E-state index contributed by atoms with van der Waals surface area (Å²) in [7, 11) is 0. The van der Waals surface area contributed by atoms with Crippen molar-refractivity contribution in [2.45, 2.75) is 19.4 Å². The molecule has 0 saturated carbocycles. The number of nitrogens with one attached hydrogen (secondary N) is 1. The van der Waals surface area contributed by atoms with Gasteiger partial charge in [0.25, 0.3) is 5.56 Å². The highest BCUT2D eigenvalue weighted by atomic mass is 35.5. The molecule has 2 aromatic heterocycles. The predicted octanol–water partition coefficient (Wildman–Crippen LogP) is 1.30. The summed E-state index contributed by atoms with van der Waals surface area (Å²) in [6.45, 7) is 0.988. The Morgan fingerprint density at radius 3 is 3.00 bits per heavy atom. The average Bonchev–Trinajstić information content (AvgIpc) is 2.39. The molecule has 2 N–H and O–H groups in total. The van der Waals surface area contributed by atoms with Gasteiger partial charge in [0.1, 0.15) is 5.65 Å². The normalized spacial score (nSPS) is 10.8. The number of fused-ring (bicyclic) bond motifs is 1. The maximum atomic E-state index is 11.9. The van der Waals surface area contributed by atoms with E-state index < -0.39 is 5.97 Å². The second-order valence-electron chi connectivity index (χ2n) is 4.34. The molecule has 0 fully saturated rings. The van der Waals surface area contributed by atoms with Gasteiger partial charge in [-0.3, -0.25) is 14.0 Å². The summed E-state index contributed by atoms with van der Waals surface area (Å²) in [4.78, 5) is 26.6. The molecule has 0 bridgehead atoms. The van der Waals surface area contributed by atoms with Gasteiger partial charge in [-0.2, -0.15) is 0 Å². The van der Waals surface area contributed by atoms with Gasteiger partial charge in [0.05, 0.1) is 10.7 Å². The molecule has 0 unspecified atom stereocenters. The third-order valence-electron chi connectivity index (χ3n) is 2.73. The Bertz CT molecular complexity index is 684. The number of carboxylic acid groups (broad SMARTS) is 1. The number of rotatable bonds is 6. The van der Waals surface area contributed by atoms with Crippen molar-refractivity contribution in [1.29, 1.82) is 0 Å². The third kappa shape index (κ3) is 3.79. The van der Waals surface area contributed by atoms with Gasteiger partial charge in [-0.25, -0.2) is 4.98 Å². The van der Waals surface area contributed by atoms with Crippen molar-refractivity contribution in [3.8, 4) is 0 Å². The predicted molar refractivity (Wildman–Crippen MR) is 75.0 cm³/mol. The first-order valence-electron chi connectivity index (χ1n) is 6.16. The van der Waals surface area contributed by atoms with E-state index >= 15 is 0 Å². The van der Waals surface area contributed by atoms with Crippen molar-refractivity contribution in [3.63, 3.8) is 0 Å². The van der Waals surface area contributed by atoms with Crippen LogP contribution < -0.4 is 10.9 Å². The van der Waals surface area contributed by atoms with Crippen LogP contribution >= 0.6 is 11.6 Å².